The molecule has 1 aromatic carbocycles. The predicted octanol–water partition coefficient (Wildman–Crippen LogP) is 2.05. The molecule has 3 rings (SSSR count). The Morgan fingerprint density at radius 1 is 1.07 bits per heavy atom. The summed E-state index contributed by atoms with van der Waals surface area (Å²) in [6.45, 7) is 4.08. The van der Waals surface area contributed by atoms with E-state index in [1.807, 2.05) is 13.0 Å². The number of sulfonamides is 1. The van der Waals surface area contributed by atoms with Crippen molar-refractivity contribution >= 4 is 21.8 Å². The van der Waals surface area contributed by atoms with Gasteiger partial charge in [-0.25, -0.2) is 26.9 Å². The molecule has 0 aliphatic carbocycles. The van der Waals surface area contributed by atoms with Crippen molar-refractivity contribution in [3.63, 3.8) is 0 Å². The maximum atomic E-state index is 13.2. The topological polar surface area (TPSA) is 87.2 Å². The van der Waals surface area contributed by atoms with Crippen molar-refractivity contribution in [2.75, 3.05) is 36.4 Å². The molecule has 7 nitrogen and oxygen atoms in total. The largest absolute Gasteiger partial charge is 0.356 e. The van der Waals surface area contributed by atoms with Crippen LogP contribution in [0, 0.1) is 18.6 Å². The Balaban J connectivity index is 1.57. The summed E-state index contributed by atoms with van der Waals surface area (Å²) in [5.41, 5.74) is 0.816. The third-order valence-corrected chi connectivity index (χ3v) is 5.63. The van der Waals surface area contributed by atoms with E-state index < -0.39 is 21.7 Å². The molecule has 1 aliphatic rings. The molecule has 10 heteroatoms. The molecule has 146 valence electrons. The molecule has 1 fully saturated rings. The lowest BCUT2D eigenvalue weighted by molar-refractivity contribution is 0.504. The van der Waals surface area contributed by atoms with E-state index >= 15 is 0 Å². The maximum absolute atomic E-state index is 13.2. The highest BCUT2D eigenvalue weighted by molar-refractivity contribution is 7.89. The van der Waals surface area contributed by atoms with Crippen LogP contribution in [0.3, 0.4) is 0 Å². The van der Waals surface area contributed by atoms with Crippen molar-refractivity contribution < 1.29 is 17.2 Å². The van der Waals surface area contributed by atoms with Gasteiger partial charge in [-0.2, -0.15) is 4.98 Å². The fourth-order valence-corrected chi connectivity index (χ4v) is 3.87. The Morgan fingerprint density at radius 2 is 1.81 bits per heavy atom. The number of rotatable bonds is 7. The minimum atomic E-state index is -3.93. The smallest absolute Gasteiger partial charge is 0.240 e. The lowest BCUT2D eigenvalue weighted by atomic mass is 10.3. The summed E-state index contributed by atoms with van der Waals surface area (Å²) < 4.78 is 52.7. The number of nitrogens with zero attached hydrogens (tertiary/aromatic N) is 3. The Bertz CT molecular complexity index is 918. The van der Waals surface area contributed by atoms with Crippen molar-refractivity contribution in [2.45, 2.75) is 24.7 Å². The summed E-state index contributed by atoms with van der Waals surface area (Å²) in [6, 6.07) is 4.36. The summed E-state index contributed by atoms with van der Waals surface area (Å²) >= 11 is 0. The molecule has 0 amide bonds. The normalized spacial score (nSPS) is 14.6. The molecule has 2 aromatic rings. The van der Waals surface area contributed by atoms with E-state index in [4.69, 9.17) is 0 Å². The molecule has 1 aromatic heterocycles. The summed E-state index contributed by atoms with van der Waals surface area (Å²) in [5.74, 6) is -1.03. The third kappa shape index (κ3) is 4.89. The van der Waals surface area contributed by atoms with E-state index in [1.165, 1.54) is 0 Å². The lowest BCUT2D eigenvalue weighted by Crippen LogP contribution is -2.29. The van der Waals surface area contributed by atoms with Crippen LogP contribution in [0.2, 0.25) is 0 Å². The van der Waals surface area contributed by atoms with Crippen LogP contribution in [-0.2, 0) is 10.0 Å². The summed E-state index contributed by atoms with van der Waals surface area (Å²) in [7, 11) is -3.93. The highest BCUT2D eigenvalue weighted by atomic mass is 32.2. The van der Waals surface area contributed by atoms with Gasteiger partial charge in [-0.15, -0.1) is 0 Å². The van der Waals surface area contributed by atoms with E-state index in [0.717, 1.165) is 49.6 Å². The van der Waals surface area contributed by atoms with Gasteiger partial charge >= 0.3 is 0 Å². The van der Waals surface area contributed by atoms with Crippen molar-refractivity contribution in [2.24, 2.45) is 0 Å². The first-order chi connectivity index (χ1) is 12.8. The minimum Gasteiger partial charge on any atom is -0.356 e. The molecular formula is C17H21F2N5O2S. The first-order valence-electron chi connectivity index (χ1n) is 8.64. The zero-order chi connectivity index (χ0) is 19.4. The predicted molar refractivity (Wildman–Crippen MR) is 98.3 cm³/mol. The first kappa shape index (κ1) is 19.4. The Labute approximate surface area is 156 Å². The van der Waals surface area contributed by atoms with Crippen molar-refractivity contribution in [1.82, 2.24) is 14.7 Å². The minimum absolute atomic E-state index is 0.0394. The molecule has 2 N–H and O–H groups in total. The fourth-order valence-electron chi connectivity index (χ4n) is 2.83. The number of aromatic nitrogens is 2. The van der Waals surface area contributed by atoms with Gasteiger partial charge in [0.05, 0.1) is 4.90 Å². The molecule has 27 heavy (non-hydrogen) atoms. The second-order valence-corrected chi connectivity index (χ2v) is 8.05. The van der Waals surface area contributed by atoms with Crippen molar-refractivity contribution in [3.8, 4) is 0 Å². The van der Waals surface area contributed by atoms with Gasteiger partial charge in [-0.3, -0.25) is 0 Å². The third-order valence-electron chi connectivity index (χ3n) is 4.17. The van der Waals surface area contributed by atoms with Gasteiger partial charge in [0.2, 0.25) is 16.0 Å². The van der Waals surface area contributed by atoms with E-state index in [1.54, 1.807) is 0 Å². The van der Waals surface area contributed by atoms with E-state index in [-0.39, 0.29) is 18.0 Å². The second-order valence-electron chi connectivity index (χ2n) is 6.29. The number of hydrogen-bond acceptors (Lipinski definition) is 6. The average Bonchev–Trinajstić information content (AvgIpc) is 3.15. The Kier molecular flexibility index (Phi) is 5.85. The van der Waals surface area contributed by atoms with Crippen LogP contribution >= 0.6 is 0 Å². The number of hydrogen-bond donors (Lipinski definition) is 2. The quantitative estimate of drug-likeness (QED) is 0.696. The zero-order valence-corrected chi connectivity index (χ0v) is 15.7. The van der Waals surface area contributed by atoms with Crippen LogP contribution in [0.25, 0.3) is 0 Å². The Hall–Kier alpha value is -2.33. The molecule has 1 aliphatic heterocycles. The molecule has 0 atom stereocenters. The summed E-state index contributed by atoms with van der Waals surface area (Å²) in [5, 5.41) is 2.98. The van der Waals surface area contributed by atoms with Crippen molar-refractivity contribution in [3.05, 3.63) is 41.6 Å². The van der Waals surface area contributed by atoms with Crippen LogP contribution in [0.1, 0.15) is 18.5 Å². The summed E-state index contributed by atoms with van der Waals surface area (Å²) in [4.78, 5) is 10.6. The van der Waals surface area contributed by atoms with Crippen LogP contribution in [0.5, 0.6) is 0 Å². The highest BCUT2D eigenvalue weighted by Gasteiger charge is 2.17. The molecule has 1 saturated heterocycles. The SMILES string of the molecule is Cc1cc(N2CCCC2)nc(NCCNS(=O)(=O)c2ccc(F)c(F)c2)n1. The van der Waals surface area contributed by atoms with Gasteiger partial charge in [-0.05, 0) is 38.0 Å². The van der Waals surface area contributed by atoms with Gasteiger partial charge in [0.1, 0.15) is 5.82 Å². The average molecular weight is 397 g/mol. The van der Waals surface area contributed by atoms with Gasteiger partial charge in [0.15, 0.2) is 11.6 Å². The van der Waals surface area contributed by atoms with Gasteiger partial charge in [0.25, 0.3) is 0 Å². The molecule has 0 unspecified atom stereocenters. The highest BCUT2D eigenvalue weighted by Crippen LogP contribution is 2.19. The number of aryl methyl sites for hydroxylation is 1. The molecule has 0 spiro atoms. The van der Waals surface area contributed by atoms with Crippen LogP contribution in [0.4, 0.5) is 20.5 Å². The Morgan fingerprint density at radius 3 is 2.52 bits per heavy atom. The number of halogens is 2. The molecule has 2 heterocycles. The zero-order valence-electron chi connectivity index (χ0n) is 14.9. The number of benzene rings is 1. The van der Waals surface area contributed by atoms with Crippen LogP contribution in [-0.4, -0.2) is 44.6 Å². The second kappa shape index (κ2) is 8.13. The van der Waals surface area contributed by atoms with Gasteiger partial charge in [0, 0.05) is 37.9 Å². The van der Waals surface area contributed by atoms with Gasteiger partial charge in [-0.1, -0.05) is 0 Å². The molecule has 0 bridgehead atoms. The fraction of sp³-hybridized carbons (Fsp3) is 0.412. The number of anilines is 2. The summed E-state index contributed by atoms with van der Waals surface area (Å²) in [6.07, 6.45) is 2.27. The molecule has 0 radical (unpaired) electrons. The standard InChI is InChI=1S/C17H21F2N5O2S/c1-12-10-16(24-8-2-3-9-24)23-17(22-12)20-6-7-21-27(25,26)13-4-5-14(18)15(19)11-13/h4-5,10-11,21H,2-3,6-9H2,1H3,(H,20,22,23). The van der Waals surface area contributed by atoms with Crippen LogP contribution < -0.4 is 14.9 Å². The maximum Gasteiger partial charge on any atom is 0.240 e. The van der Waals surface area contributed by atoms with E-state index in [2.05, 4.69) is 24.9 Å². The molecular weight excluding hydrogens is 376 g/mol. The van der Waals surface area contributed by atoms with Crippen LogP contribution in [0.15, 0.2) is 29.2 Å². The lowest BCUT2D eigenvalue weighted by Gasteiger charge is -2.17. The van der Waals surface area contributed by atoms with E-state index in [9.17, 15) is 17.2 Å². The number of nitrogens with one attached hydrogen (secondary N) is 2. The first-order valence-corrected chi connectivity index (χ1v) is 10.1. The van der Waals surface area contributed by atoms with E-state index in [0.29, 0.717) is 12.0 Å². The molecule has 0 saturated carbocycles. The van der Waals surface area contributed by atoms with Crippen molar-refractivity contribution in [1.29, 1.82) is 0 Å². The monoisotopic (exact) mass is 397 g/mol. The van der Waals surface area contributed by atoms with Gasteiger partial charge < -0.3 is 10.2 Å².